The van der Waals surface area contributed by atoms with Crippen LogP contribution >= 0.6 is 0 Å². The van der Waals surface area contributed by atoms with Crippen molar-refractivity contribution in [1.29, 1.82) is 0 Å². The zero-order chi connectivity index (χ0) is 13.5. The molecule has 0 bridgehead atoms. The molecule has 0 radical (unpaired) electrons. The van der Waals surface area contributed by atoms with Gasteiger partial charge in [0.2, 0.25) is 0 Å². The van der Waals surface area contributed by atoms with E-state index in [-0.39, 0.29) is 0 Å². The van der Waals surface area contributed by atoms with E-state index < -0.39 is 0 Å². The molecular formula is C17H33NO. The number of hydrogen-bond donors (Lipinski definition) is 1. The van der Waals surface area contributed by atoms with Gasteiger partial charge in [0.25, 0.3) is 0 Å². The molecule has 1 aliphatic carbocycles. The maximum absolute atomic E-state index is 5.74. The molecular weight excluding hydrogens is 234 g/mol. The zero-order valence-electron chi connectivity index (χ0n) is 13.0. The second-order valence-corrected chi connectivity index (χ2v) is 6.76. The maximum atomic E-state index is 5.74. The molecule has 4 unspecified atom stereocenters. The van der Waals surface area contributed by atoms with E-state index in [1.165, 1.54) is 57.8 Å². The fourth-order valence-corrected chi connectivity index (χ4v) is 4.05. The standard InChI is InChI=1S/C17H33NO/c1-3-18-17(15-8-4-7-14(2)13-15)11-5-9-16-10-6-12-19-16/h14-18H,3-13H2,1-2H3. The molecule has 1 saturated heterocycles. The first-order valence-corrected chi connectivity index (χ1v) is 8.64. The maximum Gasteiger partial charge on any atom is 0.0576 e. The van der Waals surface area contributed by atoms with Crippen LogP contribution in [-0.4, -0.2) is 25.3 Å². The average molecular weight is 267 g/mol. The Morgan fingerprint density at radius 1 is 1.21 bits per heavy atom. The number of rotatable bonds is 7. The summed E-state index contributed by atoms with van der Waals surface area (Å²) in [5.41, 5.74) is 0. The molecule has 2 aliphatic rings. The van der Waals surface area contributed by atoms with E-state index >= 15 is 0 Å². The van der Waals surface area contributed by atoms with Crippen molar-refractivity contribution in [2.75, 3.05) is 13.2 Å². The quantitative estimate of drug-likeness (QED) is 0.748. The van der Waals surface area contributed by atoms with Crippen molar-refractivity contribution in [2.45, 2.75) is 83.8 Å². The van der Waals surface area contributed by atoms with Gasteiger partial charge in [-0.2, -0.15) is 0 Å². The van der Waals surface area contributed by atoms with Gasteiger partial charge in [-0.05, 0) is 63.3 Å². The lowest BCUT2D eigenvalue weighted by Crippen LogP contribution is -2.38. The summed E-state index contributed by atoms with van der Waals surface area (Å²) in [5.74, 6) is 1.87. The van der Waals surface area contributed by atoms with Gasteiger partial charge in [0.05, 0.1) is 6.10 Å². The predicted octanol–water partition coefficient (Wildman–Crippen LogP) is 4.14. The molecule has 1 heterocycles. The first-order valence-electron chi connectivity index (χ1n) is 8.64. The van der Waals surface area contributed by atoms with E-state index in [1.54, 1.807) is 0 Å². The van der Waals surface area contributed by atoms with Crippen LogP contribution in [0.25, 0.3) is 0 Å². The van der Waals surface area contributed by atoms with E-state index in [0.717, 1.165) is 31.0 Å². The van der Waals surface area contributed by atoms with Gasteiger partial charge < -0.3 is 10.1 Å². The Bertz CT molecular complexity index is 237. The molecule has 2 fully saturated rings. The smallest absolute Gasteiger partial charge is 0.0576 e. The lowest BCUT2D eigenvalue weighted by Gasteiger charge is -2.34. The third-order valence-electron chi connectivity index (χ3n) is 5.08. The summed E-state index contributed by atoms with van der Waals surface area (Å²) < 4.78 is 5.74. The number of nitrogens with one attached hydrogen (secondary N) is 1. The highest BCUT2D eigenvalue weighted by Crippen LogP contribution is 2.32. The zero-order valence-corrected chi connectivity index (χ0v) is 13.0. The van der Waals surface area contributed by atoms with Crippen LogP contribution in [0.3, 0.4) is 0 Å². The Labute approximate surface area is 119 Å². The summed E-state index contributed by atoms with van der Waals surface area (Å²) in [6, 6.07) is 0.758. The van der Waals surface area contributed by atoms with E-state index in [0.29, 0.717) is 6.10 Å². The van der Waals surface area contributed by atoms with E-state index in [1.807, 2.05) is 0 Å². The van der Waals surface area contributed by atoms with Crippen LogP contribution in [-0.2, 0) is 4.74 Å². The van der Waals surface area contributed by atoms with Crippen LogP contribution in [0, 0.1) is 11.8 Å². The first-order chi connectivity index (χ1) is 9.29. The monoisotopic (exact) mass is 267 g/mol. The minimum Gasteiger partial charge on any atom is -0.378 e. The van der Waals surface area contributed by atoms with Crippen LogP contribution in [0.5, 0.6) is 0 Å². The lowest BCUT2D eigenvalue weighted by molar-refractivity contribution is 0.0995. The van der Waals surface area contributed by atoms with Crippen LogP contribution in [0.4, 0.5) is 0 Å². The van der Waals surface area contributed by atoms with Crippen LogP contribution in [0.15, 0.2) is 0 Å². The highest BCUT2D eigenvalue weighted by Gasteiger charge is 2.26. The molecule has 0 spiro atoms. The van der Waals surface area contributed by atoms with Crippen molar-refractivity contribution in [1.82, 2.24) is 5.32 Å². The van der Waals surface area contributed by atoms with Gasteiger partial charge in [0.15, 0.2) is 0 Å². The second-order valence-electron chi connectivity index (χ2n) is 6.76. The molecule has 0 amide bonds. The molecule has 112 valence electrons. The van der Waals surface area contributed by atoms with Gasteiger partial charge >= 0.3 is 0 Å². The minimum atomic E-state index is 0.576. The van der Waals surface area contributed by atoms with Crippen LogP contribution in [0.1, 0.15) is 71.6 Å². The summed E-state index contributed by atoms with van der Waals surface area (Å²) in [6.07, 6.45) is 12.9. The SMILES string of the molecule is CCNC(CCCC1CCCO1)C1CCCC(C)C1. The highest BCUT2D eigenvalue weighted by atomic mass is 16.5. The van der Waals surface area contributed by atoms with Crippen molar-refractivity contribution < 1.29 is 4.74 Å². The normalized spacial score (nSPS) is 33.5. The summed E-state index contributed by atoms with van der Waals surface area (Å²) in [6.45, 7) is 6.80. The van der Waals surface area contributed by atoms with Gasteiger partial charge in [0.1, 0.15) is 0 Å². The summed E-state index contributed by atoms with van der Waals surface area (Å²) in [4.78, 5) is 0. The lowest BCUT2D eigenvalue weighted by atomic mass is 9.77. The van der Waals surface area contributed by atoms with Crippen LogP contribution in [0.2, 0.25) is 0 Å². The molecule has 0 aromatic carbocycles. The Kier molecular flexibility index (Phi) is 6.66. The second kappa shape index (κ2) is 8.26. The van der Waals surface area contributed by atoms with Crippen molar-refractivity contribution in [2.24, 2.45) is 11.8 Å². The molecule has 1 N–H and O–H groups in total. The number of hydrogen-bond acceptors (Lipinski definition) is 2. The summed E-state index contributed by atoms with van der Waals surface area (Å²) >= 11 is 0. The van der Waals surface area contributed by atoms with E-state index in [2.05, 4.69) is 19.2 Å². The van der Waals surface area contributed by atoms with Crippen molar-refractivity contribution >= 4 is 0 Å². The molecule has 1 aliphatic heterocycles. The fraction of sp³-hybridized carbons (Fsp3) is 1.00. The molecule has 2 nitrogen and oxygen atoms in total. The third-order valence-corrected chi connectivity index (χ3v) is 5.08. The summed E-state index contributed by atoms with van der Waals surface area (Å²) in [5, 5.41) is 3.76. The molecule has 0 aromatic rings. The Morgan fingerprint density at radius 2 is 2.11 bits per heavy atom. The van der Waals surface area contributed by atoms with E-state index in [9.17, 15) is 0 Å². The molecule has 19 heavy (non-hydrogen) atoms. The Morgan fingerprint density at radius 3 is 2.79 bits per heavy atom. The predicted molar refractivity (Wildman–Crippen MR) is 81.4 cm³/mol. The third kappa shape index (κ3) is 5.07. The van der Waals surface area contributed by atoms with Gasteiger partial charge in [-0.3, -0.25) is 0 Å². The highest BCUT2D eigenvalue weighted by molar-refractivity contribution is 4.81. The van der Waals surface area contributed by atoms with Crippen molar-refractivity contribution in [3.63, 3.8) is 0 Å². The molecule has 0 aromatic heterocycles. The largest absolute Gasteiger partial charge is 0.378 e. The first kappa shape index (κ1) is 15.3. The van der Waals surface area contributed by atoms with Gasteiger partial charge in [-0.1, -0.05) is 26.7 Å². The topological polar surface area (TPSA) is 21.3 Å². The average Bonchev–Trinajstić information content (AvgIpc) is 2.91. The van der Waals surface area contributed by atoms with Crippen LogP contribution < -0.4 is 5.32 Å². The Hall–Kier alpha value is -0.0800. The Balaban J connectivity index is 1.71. The van der Waals surface area contributed by atoms with Crippen molar-refractivity contribution in [3.8, 4) is 0 Å². The minimum absolute atomic E-state index is 0.576. The van der Waals surface area contributed by atoms with Gasteiger partial charge in [0, 0.05) is 12.6 Å². The fourth-order valence-electron chi connectivity index (χ4n) is 4.05. The van der Waals surface area contributed by atoms with E-state index in [4.69, 9.17) is 4.74 Å². The molecule has 1 saturated carbocycles. The van der Waals surface area contributed by atoms with Crippen molar-refractivity contribution in [3.05, 3.63) is 0 Å². The molecule has 2 rings (SSSR count). The molecule has 2 heteroatoms. The van der Waals surface area contributed by atoms with Gasteiger partial charge in [-0.15, -0.1) is 0 Å². The number of ether oxygens (including phenoxy) is 1. The summed E-state index contributed by atoms with van der Waals surface area (Å²) in [7, 11) is 0. The van der Waals surface area contributed by atoms with Gasteiger partial charge in [-0.25, -0.2) is 0 Å². The molecule has 4 atom stereocenters.